The maximum Gasteiger partial charge on any atom is 0.0513 e. The van der Waals surface area contributed by atoms with Crippen LogP contribution in [0, 0.1) is 0 Å². The monoisotopic (exact) mass is 287 g/mol. The van der Waals surface area contributed by atoms with Gasteiger partial charge in [-0.3, -0.25) is 4.98 Å². The summed E-state index contributed by atoms with van der Waals surface area (Å²) in [5.74, 6) is 0.642. The van der Waals surface area contributed by atoms with Crippen molar-refractivity contribution in [3.63, 3.8) is 0 Å². The Hall–Kier alpha value is -2.15. The van der Waals surface area contributed by atoms with Crippen LogP contribution in [0.1, 0.15) is 43.7 Å². The highest BCUT2D eigenvalue weighted by molar-refractivity contribution is 5.97. The summed E-state index contributed by atoms with van der Waals surface area (Å²) in [4.78, 5) is 4.91. The molecule has 0 saturated heterocycles. The summed E-state index contributed by atoms with van der Waals surface area (Å²) in [7, 11) is 0. The zero-order chi connectivity index (χ0) is 14.8. The fraction of sp³-hybridized carbons (Fsp3) is 0.286. The summed E-state index contributed by atoms with van der Waals surface area (Å²) in [5, 5.41) is 2.68. The molecule has 1 aromatic heterocycles. The van der Waals surface area contributed by atoms with Gasteiger partial charge in [-0.15, -0.1) is 0 Å². The van der Waals surface area contributed by atoms with Crippen molar-refractivity contribution in [3.8, 4) is 11.1 Å². The van der Waals surface area contributed by atoms with Crippen molar-refractivity contribution in [1.29, 1.82) is 0 Å². The minimum Gasteiger partial charge on any atom is -0.260 e. The molecular formula is C21H21N. The van der Waals surface area contributed by atoms with Crippen molar-refractivity contribution < 1.29 is 0 Å². The van der Waals surface area contributed by atoms with Gasteiger partial charge in [0.05, 0.1) is 5.69 Å². The van der Waals surface area contributed by atoms with Gasteiger partial charge in [-0.05, 0) is 23.8 Å². The van der Waals surface area contributed by atoms with Gasteiger partial charge in [0.2, 0.25) is 0 Å². The number of hydrogen-bond donors (Lipinski definition) is 0. The van der Waals surface area contributed by atoms with Crippen LogP contribution in [0.3, 0.4) is 0 Å². The number of aromatic nitrogens is 1. The molecule has 1 heterocycles. The van der Waals surface area contributed by atoms with E-state index in [0.717, 1.165) is 0 Å². The predicted molar refractivity (Wildman–Crippen MR) is 93.0 cm³/mol. The van der Waals surface area contributed by atoms with Crippen molar-refractivity contribution in [2.45, 2.75) is 38.0 Å². The van der Waals surface area contributed by atoms with Crippen LogP contribution >= 0.6 is 0 Å². The average molecular weight is 287 g/mol. The average Bonchev–Trinajstić information content (AvgIpc) is 2.62. The Balaban J connectivity index is 1.88. The van der Waals surface area contributed by atoms with Gasteiger partial charge in [0, 0.05) is 23.1 Å². The second kappa shape index (κ2) is 5.92. The summed E-state index contributed by atoms with van der Waals surface area (Å²) >= 11 is 0. The molecule has 110 valence electrons. The zero-order valence-electron chi connectivity index (χ0n) is 12.8. The normalized spacial score (nSPS) is 16.0. The molecule has 0 spiro atoms. The van der Waals surface area contributed by atoms with Crippen LogP contribution in [0.25, 0.3) is 21.9 Å². The molecule has 0 aliphatic heterocycles. The van der Waals surface area contributed by atoms with Crippen LogP contribution < -0.4 is 0 Å². The van der Waals surface area contributed by atoms with Crippen LogP contribution in [0.15, 0.2) is 60.8 Å². The van der Waals surface area contributed by atoms with Crippen LogP contribution in [0.4, 0.5) is 0 Å². The fourth-order valence-corrected chi connectivity index (χ4v) is 3.76. The van der Waals surface area contributed by atoms with E-state index in [-0.39, 0.29) is 0 Å². The SMILES string of the molecule is c1ccc(-c2cnc(C3CCCCC3)c3ccccc23)cc1. The van der Waals surface area contributed by atoms with Gasteiger partial charge in [-0.1, -0.05) is 73.9 Å². The second-order valence-corrected chi connectivity index (χ2v) is 6.30. The van der Waals surface area contributed by atoms with E-state index >= 15 is 0 Å². The number of benzene rings is 2. The molecule has 0 N–H and O–H groups in total. The van der Waals surface area contributed by atoms with Crippen molar-refractivity contribution >= 4 is 10.8 Å². The molecule has 1 heteroatoms. The highest BCUT2D eigenvalue weighted by Gasteiger charge is 2.20. The molecule has 22 heavy (non-hydrogen) atoms. The highest BCUT2D eigenvalue weighted by Crippen LogP contribution is 2.37. The second-order valence-electron chi connectivity index (χ2n) is 6.30. The summed E-state index contributed by atoms with van der Waals surface area (Å²) in [5.41, 5.74) is 3.81. The Morgan fingerprint density at radius 1 is 0.727 bits per heavy atom. The number of fused-ring (bicyclic) bond motifs is 1. The molecule has 4 rings (SSSR count). The molecular weight excluding hydrogens is 266 g/mol. The van der Waals surface area contributed by atoms with Crippen LogP contribution in [-0.2, 0) is 0 Å². The Morgan fingerprint density at radius 2 is 1.41 bits per heavy atom. The fourth-order valence-electron chi connectivity index (χ4n) is 3.76. The molecule has 1 fully saturated rings. The molecule has 0 amide bonds. The first-order chi connectivity index (χ1) is 10.9. The lowest BCUT2D eigenvalue weighted by molar-refractivity contribution is 0.439. The van der Waals surface area contributed by atoms with Crippen molar-refractivity contribution in [2.75, 3.05) is 0 Å². The first-order valence-corrected chi connectivity index (χ1v) is 8.36. The number of nitrogens with zero attached hydrogens (tertiary/aromatic N) is 1. The zero-order valence-corrected chi connectivity index (χ0v) is 12.8. The minimum atomic E-state index is 0.642. The van der Waals surface area contributed by atoms with E-state index in [1.165, 1.54) is 59.7 Å². The van der Waals surface area contributed by atoms with E-state index in [1.54, 1.807) is 0 Å². The van der Waals surface area contributed by atoms with Gasteiger partial charge < -0.3 is 0 Å². The largest absolute Gasteiger partial charge is 0.260 e. The lowest BCUT2D eigenvalue weighted by Crippen LogP contribution is -2.07. The van der Waals surface area contributed by atoms with Crippen LogP contribution in [0.2, 0.25) is 0 Å². The first kappa shape index (κ1) is 13.5. The van der Waals surface area contributed by atoms with Crippen LogP contribution in [0.5, 0.6) is 0 Å². The summed E-state index contributed by atoms with van der Waals surface area (Å²) in [6.45, 7) is 0. The molecule has 1 aliphatic carbocycles. The topological polar surface area (TPSA) is 12.9 Å². The molecule has 0 radical (unpaired) electrons. The summed E-state index contributed by atoms with van der Waals surface area (Å²) < 4.78 is 0. The van der Waals surface area contributed by atoms with Crippen molar-refractivity contribution in [3.05, 3.63) is 66.5 Å². The summed E-state index contributed by atoms with van der Waals surface area (Å²) in [6, 6.07) is 19.4. The Bertz CT molecular complexity index is 770. The molecule has 2 aromatic carbocycles. The smallest absolute Gasteiger partial charge is 0.0513 e. The first-order valence-electron chi connectivity index (χ1n) is 8.36. The van der Waals surface area contributed by atoms with Gasteiger partial charge in [-0.2, -0.15) is 0 Å². The third kappa shape index (κ3) is 2.41. The van der Waals surface area contributed by atoms with E-state index in [0.29, 0.717) is 5.92 Å². The Labute approximate surface area is 132 Å². The van der Waals surface area contributed by atoms with E-state index in [4.69, 9.17) is 4.98 Å². The van der Waals surface area contributed by atoms with Gasteiger partial charge >= 0.3 is 0 Å². The van der Waals surface area contributed by atoms with Gasteiger partial charge in [-0.25, -0.2) is 0 Å². The van der Waals surface area contributed by atoms with Gasteiger partial charge in [0.1, 0.15) is 0 Å². The highest BCUT2D eigenvalue weighted by atomic mass is 14.7. The number of pyridine rings is 1. The third-order valence-electron chi connectivity index (χ3n) is 4.90. The molecule has 0 bridgehead atoms. The van der Waals surface area contributed by atoms with Gasteiger partial charge in [0.25, 0.3) is 0 Å². The minimum absolute atomic E-state index is 0.642. The van der Waals surface area contributed by atoms with Crippen molar-refractivity contribution in [1.82, 2.24) is 4.98 Å². The lowest BCUT2D eigenvalue weighted by atomic mass is 9.84. The van der Waals surface area contributed by atoms with Crippen molar-refractivity contribution in [2.24, 2.45) is 0 Å². The van der Waals surface area contributed by atoms with E-state index in [1.807, 2.05) is 0 Å². The van der Waals surface area contributed by atoms with E-state index < -0.39 is 0 Å². The van der Waals surface area contributed by atoms with Crippen LogP contribution in [-0.4, -0.2) is 4.98 Å². The number of rotatable bonds is 2. The standard InChI is InChI=1S/C21H21N/c1-3-9-16(10-4-1)20-15-22-21(17-11-5-2-6-12-17)19-14-8-7-13-18(19)20/h1,3-4,7-10,13-15,17H,2,5-6,11-12H2. The summed E-state index contributed by atoms with van der Waals surface area (Å²) in [6.07, 6.45) is 8.75. The molecule has 1 aliphatic rings. The Kier molecular flexibility index (Phi) is 3.64. The molecule has 1 nitrogen and oxygen atoms in total. The number of hydrogen-bond acceptors (Lipinski definition) is 1. The molecule has 0 unspecified atom stereocenters. The third-order valence-corrected chi connectivity index (χ3v) is 4.90. The van der Waals surface area contributed by atoms with E-state index in [9.17, 15) is 0 Å². The molecule has 3 aromatic rings. The maximum absolute atomic E-state index is 4.91. The molecule has 1 saturated carbocycles. The molecule has 0 atom stereocenters. The van der Waals surface area contributed by atoms with Gasteiger partial charge in [0.15, 0.2) is 0 Å². The quantitative estimate of drug-likeness (QED) is 0.567. The Morgan fingerprint density at radius 3 is 2.18 bits per heavy atom. The maximum atomic E-state index is 4.91. The predicted octanol–water partition coefficient (Wildman–Crippen LogP) is 5.95. The van der Waals surface area contributed by atoms with E-state index in [2.05, 4.69) is 60.8 Å². The lowest BCUT2D eigenvalue weighted by Gasteiger charge is -2.23.